The van der Waals surface area contributed by atoms with Gasteiger partial charge in [0.1, 0.15) is 11.5 Å². The summed E-state index contributed by atoms with van der Waals surface area (Å²) in [6.45, 7) is 4.92. The topological polar surface area (TPSA) is 73.9 Å². The Labute approximate surface area is 124 Å². The summed E-state index contributed by atoms with van der Waals surface area (Å²) < 4.78 is 15.3. The fourth-order valence-corrected chi connectivity index (χ4v) is 1.50. The van der Waals surface area contributed by atoms with E-state index in [0.717, 1.165) is 0 Å². The Balaban J connectivity index is 2.37. The molecule has 1 atom stereocenters. The molecule has 0 bridgehead atoms. The van der Waals surface area contributed by atoms with Crippen LogP contribution in [0.15, 0.2) is 24.3 Å². The van der Waals surface area contributed by atoms with Gasteiger partial charge in [0.15, 0.2) is 12.7 Å². The highest BCUT2D eigenvalue weighted by Crippen LogP contribution is 2.16. The molecular formula is C15H21NO5. The lowest BCUT2D eigenvalue weighted by Crippen LogP contribution is -2.40. The summed E-state index contributed by atoms with van der Waals surface area (Å²) in [5.41, 5.74) is 0. The average Bonchev–Trinajstić information content (AvgIpc) is 2.44. The van der Waals surface area contributed by atoms with Gasteiger partial charge < -0.3 is 19.5 Å². The van der Waals surface area contributed by atoms with E-state index in [4.69, 9.17) is 14.2 Å². The molecule has 0 heterocycles. The van der Waals surface area contributed by atoms with Gasteiger partial charge in [0.2, 0.25) is 0 Å². The zero-order chi connectivity index (χ0) is 15.8. The van der Waals surface area contributed by atoms with Crippen LogP contribution in [0.5, 0.6) is 11.5 Å². The van der Waals surface area contributed by atoms with Crippen LogP contribution >= 0.6 is 0 Å². The van der Waals surface area contributed by atoms with Crippen LogP contribution in [0.25, 0.3) is 0 Å². The third-order valence-corrected chi connectivity index (χ3v) is 2.52. The van der Waals surface area contributed by atoms with E-state index in [1.807, 2.05) is 13.8 Å². The van der Waals surface area contributed by atoms with Crippen molar-refractivity contribution in [2.75, 3.05) is 13.7 Å². The van der Waals surface area contributed by atoms with Crippen molar-refractivity contribution < 1.29 is 23.8 Å². The molecule has 0 saturated carbocycles. The smallest absolute Gasteiger partial charge is 0.344 e. The molecule has 0 aromatic heterocycles. The van der Waals surface area contributed by atoms with Gasteiger partial charge in [-0.3, -0.25) is 4.79 Å². The van der Waals surface area contributed by atoms with Gasteiger partial charge in [0.05, 0.1) is 7.11 Å². The molecule has 0 aliphatic carbocycles. The SMILES string of the molecule is COc1ccc(OCC(=O)OC(C)C(=O)NC(C)C)cc1. The first-order valence-corrected chi connectivity index (χ1v) is 6.69. The predicted octanol–water partition coefficient (Wildman–Crippen LogP) is 1.53. The molecule has 1 amide bonds. The molecule has 1 N–H and O–H groups in total. The maximum atomic E-state index is 11.6. The Morgan fingerprint density at radius 3 is 2.19 bits per heavy atom. The van der Waals surface area contributed by atoms with Gasteiger partial charge >= 0.3 is 5.97 Å². The number of rotatable bonds is 7. The van der Waals surface area contributed by atoms with Crippen LogP contribution in [0.4, 0.5) is 0 Å². The van der Waals surface area contributed by atoms with Gasteiger partial charge in [-0.05, 0) is 45.0 Å². The van der Waals surface area contributed by atoms with Gasteiger partial charge in [-0.1, -0.05) is 0 Å². The number of carbonyl (C=O) groups is 2. The highest BCUT2D eigenvalue weighted by molar-refractivity contribution is 5.83. The first kappa shape index (κ1) is 16.8. The molecule has 1 aromatic carbocycles. The van der Waals surface area contributed by atoms with E-state index < -0.39 is 12.1 Å². The minimum atomic E-state index is -0.848. The van der Waals surface area contributed by atoms with Crippen molar-refractivity contribution in [3.05, 3.63) is 24.3 Å². The number of hydrogen-bond acceptors (Lipinski definition) is 5. The standard InChI is InChI=1S/C15H21NO5/c1-10(2)16-15(18)11(3)21-14(17)9-20-13-7-5-12(19-4)6-8-13/h5-8,10-11H,9H2,1-4H3,(H,16,18). The number of benzene rings is 1. The first-order chi connectivity index (χ1) is 9.92. The maximum Gasteiger partial charge on any atom is 0.344 e. The van der Waals surface area contributed by atoms with Crippen LogP contribution in [0.1, 0.15) is 20.8 Å². The molecule has 1 unspecified atom stereocenters. The quantitative estimate of drug-likeness (QED) is 0.772. The molecule has 6 nitrogen and oxygen atoms in total. The number of ether oxygens (including phenoxy) is 3. The molecule has 0 aliphatic heterocycles. The minimum absolute atomic E-state index is 0.00537. The second-order valence-corrected chi connectivity index (χ2v) is 4.76. The molecule has 0 saturated heterocycles. The summed E-state index contributed by atoms with van der Waals surface area (Å²) in [6, 6.07) is 6.80. The monoisotopic (exact) mass is 295 g/mol. The first-order valence-electron chi connectivity index (χ1n) is 6.69. The largest absolute Gasteiger partial charge is 0.497 e. The number of hydrogen-bond donors (Lipinski definition) is 1. The summed E-state index contributed by atoms with van der Waals surface area (Å²) in [5.74, 6) is 0.288. The normalized spacial score (nSPS) is 11.7. The maximum absolute atomic E-state index is 11.6. The van der Waals surface area contributed by atoms with E-state index in [1.165, 1.54) is 6.92 Å². The second-order valence-electron chi connectivity index (χ2n) is 4.76. The van der Waals surface area contributed by atoms with Crippen molar-refractivity contribution in [2.24, 2.45) is 0 Å². The number of amides is 1. The van der Waals surface area contributed by atoms with Gasteiger partial charge in [-0.15, -0.1) is 0 Å². The van der Waals surface area contributed by atoms with Gasteiger partial charge in [-0.2, -0.15) is 0 Å². The molecular weight excluding hydrogens is 274 g/mol. The van der Waals surface area contributed by atoms with Gasteiger partial charge in [0, 0.05) is 6.04 Å². The number of nitrogens with one attached hydrogen (secondary N) is 1. The molecule has 6 heteroatoms. The molecule has 0 spiro atoms. The predicted molar refractivity (Wildman–Crippen MR) is 77.3 cm³/mol. The van der Waals surface area contributed by atoms with Crippen LogP contribution in [0.2, 0.25) is 0 Å². The Bertz CT molecular complexity index is 469. The Morgan fingerprint density at radius 1 is 1.10 bits per heavy atom. The fraction of sp³-hybridized carbons (Fsp3) is 0.467. The third kappa shape index (κ3) is 6.16. The van der Waals surface area contributed by atoms with Crippen LogP contribution in [-0.2, 0) is 14.3 Å². The average molecular weight is 295 g/mol. The molecule has 1 aromatic rings. The van der Waals surface area contributed by atoms with Crippen LogP contribution in [-0.4, -0.2) is 37.7 Å². The van der Waals surface area contributed by atoms with Gasteiger partial charge in [0.25, 0.3) is 5.91 Å². The number of methoxy groups -OCH3 is 1. The van der Waals surface area contributed by atoms with E-state index in [2.05, 4.69) is 5.32 Å². The molecule has 1 rings (SSSR count). The lowest BCUT2D eigenvalue weighted by molar-refractivity contribution is -0.156. The van der Waals surface area contributed by atoms with Crippen molar-refractivity contribution in [3.8, 4) is 11.5 Å². The van der Waals surface area contributed by atoms with Crippen molar-refractivity contribution >= 4 is 11.9 Å². The summed E-state index contributed by atoms with van der Waals surface area (Å²) in [7, 11) is 1.57. The Morgan fingerprint density at radius 2 is 1.67 bits per heavy atom. The lowest BCUT2D eigenvalue weighted by atomic mass is 10.3. The molecule has 0 aliphatic rings. The van der Waals surface area contributed by atoms with E-state index in [-0.39, 0.29) is 18.6 Å². The Kier molecular flexibility index (Phi) is 6.52. The van der Waals surface area contributed by atoms with Gasteiger partial charge in [-0.25, -0.2) is 4.79 Å². The molecule has 0 fully saturated rings. The summed E-state index contributed by atoms with van der Waals surface area (Å²) in [6.07, 6.45) is -0.848. The van der Waals surface area contributed by atoms with Crippen molar-refractivity contribution in [2.45, 2.75) is 32.9 Å². The summed E-state index contributed by atoms with van der Waals surface area (Å²) in [4.78, 5) is 23.2. The second kappa shape index (κ2) is 8.14. The molecule has 0 radical (unpaired) electrons. The van der Waals surface area contributed by atoms with E-state index in [1.54, 1.807) is 31.4 Å². The third-order valence-electron chi connectivity index (χ3n) is 2.52. The zero-order valence-electron chi connectivity index (χ0n) is 12.7. The van der Waals surface area contributed by atoms with E-state index in [9.17, 15) is 9.59 Å². The fourth-order valence-electron chi connectivity index (χ4n) is 1.50. The van der Waals surface area contributed by atoms with E-state index >= 15 is 0 Å². The number of esters is 1. The summed E-state index contributed by atoms with van der Waals surface area (Å²) >= 11 is 0. The van der Waals surface area contributed by atoms with E-state index in [0.29, 0.717) is 11.5 Å². The lowest BCUT2D eigenvalue weighted by Gasteiger charge is -2.15. The minimum Gasteiger partial charge on any atom is -0.497 e. The molecule has 116 valence electrons. The van der Waals surface area contributed by atoms with Crippen LogP contribution < -0.4 is 14.8 Å². The molecule has 21 heavy (non-hydrogen) atoms. The zero-order valence-corrected chi connectivity index (χ0v) is 12.7. The highest BCUT2D eigenvalue weighted by atomic mass is 16.6. The number of carbonyl (C=O) groups excluding carboxylic acids is 2. The summed E-state index contributed by atoms with van der Waals surface area (Å²) in [5, 5.41) is 2.66. The van der Waals surface area contributed by atoms with Crippen LogP contribution in [0.3, 0.4) is 0 Å². The highest BCUT2D eigenvalue weighted by Gasteiger charge is 2.18. The van der Waals surface area contributed by atoms with Crippen molar-refractivity contribution in [1.82, 2.24) is 5.32 Å². The van der Waals surface area contributed by atoms with Crippen molar-refractivity contribution in [1.29, 1.82) is 0 Å². The van der Waals surface area contributed by atoms with Crippen molar-refractivity contribution in [3.63, 3.8) is 0 Å². The Hall–Kier alpha value is -2.24. The van der Waals surface area contributed by atoms with Crippen LogP contribution in [0, 0.1) is 0 Å².